The highest BCUT2D eigenvalue weighted by atomic mass is 16.6. The molecule has 1 aromatic rings. The molecule has 3 heterocycles. The maximum Gasteiger partial charge on any atom is 0.410 e. The number of benzene rings is 1. The van der Waals surface area contributed by atoms with E-state index in [1.807, 2.05) is 51.1 Å². The van der Waals surface area contributed by atoms with Crippen LogP contribution in [0.4, 0.5) is 9.59 Å². The molecule has 0 aliphatic carbocycles. The van der Waals surface area contributed by atoms with Crippen molar-refractivity contribution >= 4 is 18.1 Å². The average Bonchev–Trinajstić information content (AvgIpc) is 2.86. The first-order valence-corrected chi connectivity index (χ1v) is 13.1. The number of nitrogens with zero attached hydrogens (tertiary/aromatic N) is 2. The van der Waals surface area contributed by atoms with Crippen LogP contribution < -0.4 is 5.32 Å². The molecule has 3 fully saturated rings. The highest BCUT2D eigenvalue weighted by Gasteiger charge is 2.50. The van der Waals surface area contributed by atoms with E-state index >= 15 is 0 Å². The zero-order valence-corrected chi connectivity index (χ0v) is 22.1. The lowest BCUT2D eigenvalue weighted by Crippen LogP contribution is -2.72. The topological polar surface area (TPSA) is 107 Å². The summed E-state index contributed by atoms with van der Waals surface area (Å²) >= 11 is 0. The minimum Gasteiger partial charge on any atom is -0.445 e. The Hall–Kier alpha value is -2.85. The molecule has 2 unspecified atom stereocenters. The predicted molar refractivity (Wildman–Crippen MR) is 135 cm³/mol. The number of morpholine rings is 1. The smallest absolute Gasteiger partial charge is 0.410 e. The van der Waals surface area contributed by atoms with Crippen LogP contribution in [0.5, 0.6) is 0 Å². The number of hydrogen-bond donors (Lipinski definition) is 1. The molecule has 3 aliphatic heterocycles. The molecular formula is C27H39N3O7. The Morgan fingerprint density at radius 1 is 1.11 bits per heavy atom. The lowest BCUT2D eigenvalue weighted by atomic mass is 9.81. The number of nitrogens with one attached hydrogen (secondary N) is 1. The zero-order chi connectivity index (χ0) is 26.5. The summed E-state index contributed by atoms with van der Waals surface area (Å²) in [4.78, 5) is 41.3. The van der Waals surface area contributed by atoms with Gasteiger partial charge in [-0.05, 0) is 52.0 Å². The van der Waals surface area contributed by atoms with Crippen molar-refractivity contribution in [1.82, 2.24) is 15.1 Å². The van der Waals surface area contributed by atoms with Crippen LogP contribution in [0.1, 0.15) is 52.0 Å². The minimum atomic E-state index is -0.716. The first-order valence-electron chi connectivity index (χ1n) is 13.1. The Bertz CT molecular complexity index is 939. The van der Waals surface area contributed by atoms with Gasteiger partial charge in [-0.1, -0.05) is 30.3 Å². The molecule has 0 saturated carbocycles. The molecule has 0 bridgehead atoms. The van der Waals surface area contributed by atoms with Crippen molar-refractivity contribution in [2.45, 2.75) is 76.3 Å². The van der Waals surface area contributed by atoms with Crippen LogP contribution in [0.15, 0.2) is 30.3 Å². The molecule has 0 radical (unpaired) electrons. The van der Waals surface area contributed by atoms with Crippen molar-refractivity contribution < 1.29 is 33.3 Å². The van der Waals surface area contributed by atoms with Crippen LogP contribution in [-0.2, 0) is 30.3 Å². The molecule has 1 spiro atoms. The van der Waals surface area contributed by atoms with Crippen molar-refractivity contribution in [1.29, 1.82) is 0 Å². The quantitative estimate of drug-likeness (QED) is 0.640. The Morgan fingerprint density at radius 3 is 2.51 bits per heavy atom. The zero-order valence-electron chi connectivity index (χ0n) is 22.1. The average molecular weight is 518 g/mol. The molecule has 204 valence electrons. The van der Waals surface area contributed by atoms with E-state index in [1.165, 1.54) is 0 Å². The van der Waals surface area contributed by atoms with Crippen molar-refractivity contribution in [3.05, 3.63) is 35.9 Å². The number of carbonyl (C=O) groups excluding carboxylic acids is 3. The second-order valence-corrected chi connectivity index (χ2v) is 11.1. The van der Waals surface area contributed by atoms with Gasteiger partial charge in [-0.15, -0.1) is 0 Å². The lowest BCUT2D eigenvalue weighted by molar-refractivity contribution is -0.144. The van der Waals surface area contributed by atoms with E-state index in [0.29, 0.717) is 45.5 Å². The summed E-state index contributed by atoms with van der Waals surface area (Å²) in [6.45, 7) is 7.90. The van der Waals surface area contributed by atoms with Crippen molar-refractivity contribution in [2.75, 3.05) is 39.5 Å². The van der Waals surface area contributed by atoms with Gasteiger partial charge in [-0.2, -0.15) is 0 Å². The third kappa shape index (κ3) is 7.13. The summed E-state index contributed by atoms with van der Waals surface area (Å²) in [5, 5.41) is 3.10. The second kappa shape index (κ2) is 11.7. The molecule has 3 saturated heterocycles. The molecular weight excluding hydrogens is 478 g/mol. The van der Waals surface area contributed by atoms with Crippen LogP contribution in [0.25, 0.3) is 0 Å². The van der Waals surface area contributed by atoms with Gasteiger partial charge in [-0.3, -0.25) is 4.79 Å². The van der Waals surface area contributed by atoms with Gasteiger partial charge in [0.25, 0.3) is 0 Å². The number of carbonyl (C=O) groups is 3. The predicted octanol–water partition coefficient (Wildman–Crippen LogP) is 3.09. The maximum atomic E-state index is 13.1. The van der Waals surface area contributed by atoms with Gasteiger partial charge < -0.3 is 34.1 Å². The lowest BCUT2D eigenvalue weighted by Gasteiger charge is -2.51. The largest absolute Gasteiger partial charge is 0.445 e. The van der Waals surface area contributed by atoms with Crippen LogP contribution in [0.3, 0.4) is 0 Å². The third-order valence-corrected chi connectivity index (χ3v) is 7.04. The van der Waals surface area contributed by atoms with Crippen LogP contribution in [0, 0.1) is 0 Å². The van der Waals surface area contributed by atoms with Gasteiger partial charge in [0.05, 0.1) is 30.9 Å². The highest BCUT2D eigenvalue weighted by molar-refractivity contribution is 5.79. The van der Waals surface area contributed by atoms with Crippen LogP contribution in [0.2, 0.25) is 0 Å². The number of rotatable bonds is 5. The third-order valence-electron chi connectivity index (χ3n) is 7.04. The van der Waals surface area contributed by atoms with Crippen molar-refractivity contribution in [2.24, 2.45) is 0 Å². The number of likely N-dealkylation sites (tertiary alicyclic amines) is 2. The molecule has 37 heavy (non-hydrogen) atoms. The molecule has 1 aromatic carbocycles. The number of ether oxygens (including phenoxy) is 4. The molecule has 3 amide bonds. The fourth-order valence-corrected chi connectivity index (χ4v) is 5.21. The summed E-state index contributed by atoms with van der Waals surface area (Å²) in [5.74, 6) is -0.190. The van der Waals surface area contributed by atoms with Gasteiger partial charge >= 0.3 is 12.2 Å². The maximum absolute atomic E-state index is 13.1. The van der Waals surface area contributed by atoms with Gasteiger partial charge in [-0.25, -0.2) is 9.59 Å². The van der Waals surface area contributed by atoms with E-state index in [-0.39, 0.29) is 37.9 Å². The first-order chi connectivity index (χ1) is 17.7. The van der Waals surface area contributed by atoms with Crippen molar-refractivity contribution in [3.8, 4) is 0 Å². The Kier molecular flexibility index (Phi) is 8.59. The monoisotopic (exact) mass is 517 g/mol. The molecule has 4 rings (SSSR count). The standard InChI is InChI=1S/C27H39N3O7/c1-26(2,3)37-25(33)30-13-7-12-27(19-34-18-23(31)28-27)22(30)17-35-21-10-14-29(15-11-21)24(32)36-16-20-8-5-4-6-9-20/h4-6,8-9,21-22H,7,10-19H2,1-3H3,(H,28,31). The van der Waals surface area contributed by atoms with E-state index < -0.39 is 23.3 Å². The summed E-state index contributed by atoms with van der Waals surface area (Å²) in [6.07, 6.45) is 1.92. The normalized spacial score (nSPS) is 25.1. The Labute approximate surface area is 218 Å². The SMILES string of the molecule is CC(C)(C)OC(=O)N1CCCC2(COCC(=O)N2)C1COC1CCN(C(=O)OCc2ccccc2)CC1. The summed E-state index contributed by atoms with van der Waals surface area (Å²) in [6, 6.07) is 9.17. The van der Waals surface area contributed by atoms with E-state index in [2.05, 4.69) is 5.32 Å². The minimum absolute atomic E-state index is 0.0145. The van der Waals surface area contributed by atoms with Gasteiger partial charge in [0.2, 0.25) is 5.91 Å². The molecule has 2 atom stereocenters. The summed E-state index contributed by atoms with van der Waals surface area (Å²) in [5.41, 5.74) is -0.405. The first kappa shape index (κ1) is 27.2. The Balaban J connectivity index is 1.34. The van der Waals surface area contributed by atoms with Crippen LogP contribution >= 0.6 is 0 Å². The molecule has 10 nitrogen and oxygen atoms in total. The van der Waals surface area contributed by atoms with Crippen LogP contribution in [-0.4, -0.2) is 90.6 Å². The molecule has 10 heteroatoms. The molecule has 0 aromatic heterocycles. The number of hydrogen-bond acceptors (Lipinski definition) is 7. The summed E-state index contributed by atoms with van der Waals surface area (Å²) in [7, 11) is 0. The van der Waals surface area contributed by atoms with Crippen molar-refractivity contribution in [3.63, 3.8) is 0 Å². The Morgan fingerprint density at radius 2 is 1.84 bits per heavy atom. The number of amides is 3. The van der Waals surface area contributed by atoms with E-state index in [1.54, 1.807) is 9.80 Å². The van der Waals surface area contributed by atoms with E-state index in [0.717, 1.165) is 12.0 Å². The number of piperidine rings is 2. The van der Waals surface area contributed by atoms with Gasteiger partial charge in [0.1, 0.15) is 18.8 Å². The summed E-state index contributed by atoms with van der Waals surface area (Å²) < 4.78 is 23.1. The van der Waals surface area contributed by atoms with E-state index in [4.69, 9.17) is 18.9 Å². The fourth-order valence-electron chi connectivity index (χ4n) is 5.21. The molecule has 3 aliphatic rings. The highest BCUT2D eigenvalue weighted by Crippen LogP contribution is 2.32. The molecule has 1 N–H and O–H groups in total. The van der Waals surface area contributed by atoms with Gasteiger partial charge in [0, 0.05) is 19.6 Å². The van der Waals surface area contributed by atoms with E-state index in [9.17, 15) is 14.4 Å². The fraction of sp³-hybridized carbons (Fsp3) is 0.667. The van der Waals surface area contributed by atoms with Gasteiger partial charge in [0.15, 0.2) is 0 Å². The second-order valence-electron chi connectivity index (χ2n) is 11.1.